The molecule has 2 aliphatic heterocycles. The number of hydrogen-bond acceptors (Lipinski definition) is 4. The number of aromatic nitrogens is 4. The van der Waals surface area contributed by atoms with E-state index in [4.69, 9.17) is 0 Å². The zero-order chi connectivity index (χ0) is 23.4. The van der Waals surface area contributed by atoms with Gasteiger partial charge < -0.3 is 14.4 Å². The third-order valence-corrected chi connectivity index (χ3v) is 7.25. The molecule has 0 aliphatic carbocycles. The molecule has 0 bridgehead atoms. The number of rotatable bonds is 4. The van der Waals surface area contributed by atoms with Crippen LogP contribution in [0, 0.1) is 17.7 Å². The van der Waals surface area contributed by atoms with Crippen LogP contribution < -0.4 is 4.90 Å². The number of hydrogen-bond donors (Lipinski definition) is 0. The molecule has 0 N–H and O–H groups in total. The lowest BCUT2D eigenvalue weighted by Gasteiger charge is -2.22. The highest BCUT2D eigenvalue weighted by Crippen LogP contribution is 2.36. The van der Waals surface area contributed by atoms with Crippen LogP contribution >= 0.6 is 0 Å². The molecule has 2 aromatic heterocycles. The summed E-state index contributed by atoms with van der Waals surface area (Å²) >= 11 is 0. The smallest absolute Gasteiger partial charge is 0.123 e. The normalized spacial score (nSPS) is 19.1. The van der Waals surface area contributed by atoms with Crippen molar-refractivity contribution in [1.29, 1.82) is 0 Å². The van der Waals surface area contributed by atoms with Crippen LogP contribution in [0.2, 0.25) is 0 Å². The van der Waals surface area contributed by atoms with Gasteiger partial charge in [0.25, 0.3) is 0 Å². The zero-order valence-corrected chi connectivity index (χ0v) is 19.8. The molecular formula is C27H29FN6. The van der Waals surface area contributed by atoms with Gasteiger partial charge in [-0.25, -0.2) is 9.07 Å². The summed E-state index contributed by atoms with van der Waals surface area (Å²) in [7, 11) is 4.31. The molecule has 0 radical (unpaired) electrons. The molecule has 2 aliphatic rings. The monoisotopic (exact) mass is 456 g/mol. The van der Waals surface area contributed by atoms with Gasteiger partial charge in [-0.05, 0) is 73.5 Å². The Morgan fingerprint density at radius 3 is 2.62 bits per heavy atom. The van der Waals surface area contributed by atoms with Crippen LogP contribution in [0.5, 0.6) is 0 Å². The van der Waals surface area contributed by atoms with Gasteiger partial charge in [-0.1, -0.05) is 24.3 Å². The van der Waals surface area contributed by atoms with E-state index in [9.17, 15) is 4.39 Å². The molecule has 0 amide bonds. The summed E-state index contributed by atoms with van der Waals surface area (Å²) in [4.78, 5) is 4.81. The van der Waals surface area contributed by atoms with Crippen molar-refractivity contribution in [2.45, 2.75) is 13.5 Å². The highest BCUT2D eigenvalue weighted by Gasteiger charge is 2.31. The fourth-order valence-electron chi connectivity index (χ4n) is 5.48. The molecule has 6 rings (SSSR count). The van der Waals surface area contributed by atoms with Gasteiger partial charge in [0, 0.05) is 43.6 Å². The van der Waals surface area contributed by atoms with E-state index in [1.165, 1.54) is 23.4 Å². The number of anilines is 1. The van der Waals surface area contributed by atoms with Crippen molar-refractivity contribution in [3.8, 4) is 28.2 Å². The first-order valence-electron chi connectivity index (χ1n) is 11.9. The van der Waals surface area contributed by atoms with Crippen molar-refractivity contribution in [3.63, 3.8) is 0 Å². The molecule has 4 aromatic rings. The number of halogens is 1. The lowest BCUT2D eigenvalue weighted by Crippen LogP contribution is -2.27. The molecule has 0 unspecified atom stereocenters. The second-order valence-electron chi connectivity index (χ2n) is 10.00. The third-order valence-electron chi connectivity index (χ3n) is 7.25. The van der Waals surface area contributed by atoms with Crippen LogP contribution in [0.1, 0.15) is 12.5 Å². The molecule has 0 saturated carbocycles. The summed E-state index contributed by atoms with van der Waals surface area (Å²) in [6.07, 6.45) is 3.96. The first-order valence-corrected chi connectivity index (χ1v) is 11.9. The van der Waals surface area contributed by atoms with Gasteiger partial charge >= 0.3 is 0 Å². The van der Waals surface area contributed by atoms with Crippen molar-refractivity contribution < 1.29 is 4.39 Å². The van der Waals surface area contributed by atoms with E-state index in [1.807, 2.05) is 23.0 Å². The Morgan fingerprint density at radius 1 is 1.00 bits per heavy atom. The largest absolute Gasteiger partial charge is 0.371 e. The Bertz CT molecular complexity index is 1340. The Hall–Kier alpha value is -3.45. The molecule has 2 aromatic carbocycles. The average molecular weight is 457 g/mol. The maximum Gasteiger partial charge on any atom is 0.123 e. The van der Waals surface area contributed by atoms with Crippen molar-refractivity contribution >= 4 is 5.69 Å². The summed E-state index contributed by atoms with van der Waals surface area (Å²) < 4.78 is 17.6. The van der Waals surface area contributed by atoms with Crippen molar-refractivity contribution in [3.05, 3.63) is 72.3 Å². The minimum absolute atomic E-state index is 0.225. The summed E-state index contributed by atoms with van der Waals surface area (Å²) in [5, 5.41) is 8.64. The van der Waals surface area contributed by atoms with Crippen LogP contribution in [0.4, 0.5) is 10.1 Å². The number of nitrogens with zero attached hydrogens (tertiary/aromatic N) is 6. The van der Waals surface area contributed by atoms with E-state index in [2.05, 4.69) is 76.2 Å². The van der Waals surface area contributed by atoms with Crippen molar-refractivity contribution in [2.24, 2.45) is 11.8 Å². The van der Waals surface area contributed by atoms with Crippen molar-refractivity contribution in [1.82, 2.24) is 24.5 Å². The second kappa shape index (κ2) is 8.09. The van der Waals surface area contributed by atoms with Gasteiger partial charge in [0.15, 0.2) is 0 Å². The Labute approximate surface area is 199 Å². The fourth-order valence-corrected chi connectivity index (χ4v) is 5.48. The van der Waals surface area contributed by atoms with Crippen LogP contribution in [-0.2, 0) is 6.54 Å². The van der Waals surface area contributed by atoms with Gasteiger partial charge in [0.1, 0.15) is 11.5 Å². The van der Waals surface area contributed by atoms with Gasteiger partial charge in [-0.2, -0.15) is 0 Å². The maximum atomic E-state index is 13.4. The number of benzene rings is 2. The Morgan fingerprint density at radius 2 is 1.82 bits per heavy atom. The van der Waals surface area contributed by atoms with E-state index in [0.29, 0.717) is 11.8 Å². The minimum Gasteiger partial charge on any atom is -0.371 e. The predicted octanol–water partition coefficient (Wildman–Crippen LogP) is 4.54. The first-order chi connectivity index (χ1) is 16.5. The lowest BCUT2D eigenvalue weighted by atomic mass is 9.98. The van der Waals surface area contributed by atoms with E-state index >= 15 is 0 Å². The molecule has 1 fully saturated rings. The number of fused-ring (bicyclic) bond motifs is 5. The van der Waals surface area contributed by atoms with E-state index < -0.39 is 0 Å². The molecule has 1 saturated heterocycles. The summed E-state index contributed by atoms with van der Waals surface area (Å²) in [6, 6.07) is 15.5. The molecule has 34 heavy (non-hydrogen) atoms. The van der Waals surface area contributed by atoms with Gasteiger partial charge in [-0.3, -0.25) is 0 Å². The van der Waals surface area contributed by atoms with Crippen LogP contribution in [0.25, 0.3) is 28.2 Å². The van der Waals surface area contributed by atoms with E-state index in [-0.39, 0.29) is 5.82 Å². The maximum absolute atomic E-state index is 13.4. The SMILES string of the molecule is C[C@@H]1CN(c2ccc3c(c2)Cn2cc(-c4ccc(F)cc4)cc2-c2cnnn2-3)C[C@H]1CN(C)C. The molecule has 4 heterocycles. The summed E-state index contributed by atoms with van der Waals surface area (Å²) in [6.45, 7) is 6.38. The topological polar surface area (TPSA) is 42.1 Å². The molecule has 6 nitrogen and oxygen atoms in total. The van der Waals surface area contributed by atoms with Gasteiger partial charge in [0.05, 0.1) is 17.6 Å². The van der Waals surface area contributed by atoms with Gasteiger partial charge in [-0.15, -0.1) is 5.10 Å². The quantitative estimate of drug-likeness (QED) is 0.398. The van der Waals surface area contributed by atoms with E-state index in [1.54, 1.807) is 0 Å². The molecular weight excluding hydrogens is 427 g/mol. The lowest BCUT2D eigenvalue weighted by molar-refractivity contribution is 0.301. The second-order valence-corrected chi connectivity index (χ2v) is 10.00. The predicted molar refractivity (Wildman–Crippen MR) is 133 cm³/mol. The van der Waals surface area contributed by atoms with Gasteiger partial charge in [0.2, 0.25) is 0 Å². The Balaban J connectivity index is 1.37. The first kappa shape index (κ1) is 21.1. The highest BCUT2D eigenvalue weighted by molar-refractivity contribution is 5.73. The average Bonchev–Trinajstić information content (AvgIpc) is 3.52. The Kier molecular flexibility index (Phi) is 5.03. The minimum atomic E-state index is -0.225. The summed E-state index contributed by atoms with van der Waals surface area (Å²) in [5.41, 5.74) is 7.62. The third kappa shape index (κ3) is 3.60. The van der Waals surface area contributed by atoms with Crippen LogP contribution in [-0.4, -0.2) is 58.2 Å². The molecule has 2 atom stereocenters. The van der Waals surface area contributed by atoms with Crippen molar-refractivity contribution in [2.75, 3.05) is 38.6 Å². The highest BCUT2D eigenvalue weighted by atomic mass is 19.1. The molecule has 7 heteroatoms. The fraction of sp³-hybridized carbons (Fsp3) is 0.333. The molecule has 174 valence electrons. The summed E-state index contributed by atoms with van der Waals surface area (Å²) in [5.74, 6) is 1.11. The zero-order valence-electron chi connectivity index (χ0n) is 19.8. The standard InChI is InChI=1S/C27H29FN6/c1-18-13-32(17-22(18)14-31(2)3)24-8-9-25-21(10-24)16-33-15-20(19-4-6-23(28)7-5-19)11-26(33)27-12-29-30-34(25)27/h4-12,15,18,22H,13-14,16-17H2,1-3H3/t18-,22-/m1/s1. The van der Waals surface area contributed by atoms with E-state index in [0.717, 1.165) is 54.4 Å². The van der Waals surface area contributed by atoms with Crippen LogP contribution in [0.15, 0.2) is 60.9 Å². The molecule has 0 spiro atoms. The van der Waals surface area contributed by atoms with Crippen LogP contribution in [0.3, 0.4) is 0 Å².